The molecule has 1 aromatic heterocycles. The van der Waals surface area contributed by atoms with E-state index in [1.807, 2.05) is 13.0 Å². The second-order valence-electron chi connectivity index (χ2n) is 3.33. The lowest BCUT2D eigenvalue weighted by atomic mass is 10.3. The largest absolute Gasteiger partial charge is 0.342 e. The highest BCUT2D eigenvalue weighted by Crippen LogP contribution is 2.12. The maximum absolute atomic E-state index is 10.4. The fraction of sp³-hybridized carbons (Fsp3) is 0.400. The number of thioether (sulfide) groups is 1. The summed E-state index contributed by atoms with van der Waals surface area (Å²) < 4.78 is 0. The first-order chi connectivity index (χ1) is 8.56. The number of nitrogens with zero attached hydrogens (tertiary/aromatic N) is 4. The number of amidine groups is 1. The molecule has 98 valence electrons. The number of nitro groups is 1. The molecule has 0 radical (unpaired) electrons. The normalized spacial score (nSPS) is 11.4. The van der Waals surface area contributed by atoms with Gasteiger partial charge in [0, 0.05) is 19.3 Å². The molecule has 0 atom stereocenters. The number of rotatable bonds is 4. The molecule has 0 fully saturated rings. The standard InChI is InChI=1S/C10H13ClN4O2S/c1-3-14(10(18-2)13-15(16)17)7-8-4-5-9(11)12-6-8/h4-6H,3,7H2,1-2H3/b13-10-. The summed E-state index contributed by atoms with van der Waals surface area (Å²) in [7, 11) is 0. The summed E-state index contributed by atoms with van der Waals surface area (Å²) >= 11 is 6.94. The number of hydrogen-bond acceptors (Lipinski definition) is 4. The predicted molar refractivity (Wildman–Crippen MR) is 73.3 cm³/mol. The van der Waals surface area contributed by atoms with Gasteiger partial charge < -0.3 is 4.90 Å². The summed E-state index contributed by atoms with van der Waals surface area (Å²) in [6, 6.07) is 3.52. The lowest BCUT2D eigenvalue weighted by molar-refractivity contribution is -0.485. The summed E-state index contributed by atoms with van der Waals surface area (Å²) in [6.07, 6.45) is 3.40. The molecule has 1 heterocycles. The van der Waals surface area contributed by atoms with Crippen molar-refractivity contribution in [2.75, 3.05) is 12.8 Å². The maximum atomic E-state index is 10.4. The summed E-state index contributed by atoms with van der Waals surface area (Å²) in [6.45, 7) is 3.04. The monoisotopic (exact) mass is 288 g/mol. The number of aromatic nitrogens is 1. The molecule has 0 aromatic carbocycles. The molecule has 18 heavy (non-hydrogen) atoms. The molecule has 8 heteroatoms. The minimum Gasteiger partial charge on any atom is -0.342 e. The van der Waals surface area contributed by atoms with Gasteiger partial charge >= 0.3 is 0 Å². The molecule has 0 aliphatic heterocycles. The first kappa shape index (κ1) is 14.7. The molecule has 0 bridgehead atoms. The van der Waals surface area contributed by atoms with Crippen LogP contribution < -0.4 is 0 Å². The van der Waals surface area contributed by atoms with Crippen LogP contribution in [0.25, 0.3) is 0 Å². The Hall–Kier alpha value is -1.34. The van der Waals surface area contributed by atoms with Crippen LogP contribution in [0.5, 0.6) is 0 Å². The zero-order valence-electron chi connectivity index (χ0n) is 10.0. The van der Waals surface area contributed by atoms with Gasteiger partial charge in [-0.15, -0.1) is 0 Å². The molecule has 0 spiro atoms. The van der Waals surface area contributed by atoms with E-state index in [1.165, 1.54) is 11.8 Å². The molecule has 0 unspecified atom stereocenters. The summed E-state index contributed by atoms with van der Waals surface area (Å²) in [4.78, 5) is 16.2. The molecular formula is C10H13ClN4O2S. The van der Waals surface area contributed by atoms with Gasteiger partial charge in [0.15, 0.2) is 5.03 Å². The van der Waals surface area contributed by atoms with Crippen LogP contribution in [0, 0.1) is 10.1 Å². The lowest BCUT2D eigenvalue weighted by Gasteiger charge is -2.20. The topological polar surface area (TPSA) is 71.6 Å². The third-order valence-electron chi connectivity index (χ3n) is 2.16. The average molecular weight is 289 g/mol. The fourth-order valence-electron chi connectivity index (χ4n) is 1.34. The average Bonchev–Trinajstić information content (AvgIpc) is 2.35. The van der Waals surface area contributed by atoms with Crippen molar-refractivity contribution in [2.24, 2.45) is 5.10 Å². The van der Waals surface area contributed by atoms with Crippen molar-refractivity contribution in [2.45, 2.75) is 13.5 Å². The Morgan fingerprint density at radius 1 is 1.67 bits per heavy atom. The van der Waals surface area contributed by atoms with E-state index in [-0.39, 0.29) is 0 Å². The van der Waals surface area contributed by atoms with Gasteiger partial charge in [0.25, 0.3) is 0 Å². The maximum Gasteiger partial charge on any atom is 0.237 e. The smallest absolute Gasteiger partial charge is 0.237 e. The van der Waals surface area contributed by atoms with Crippen LogP contribution in [-0.4, -0.2) is 32.9 Å². The van der Waals surface area contributed by atoms with Gasteiger partial charge in [-0.25, -0.2) is 15.1 Å². The van der Waals surface area contributed by atoms with Crippen LogP contribution >= 0.6 is 23.4 Å². The zero-order valence-corrected chi connectivity index (χ0v) is 11.6. The quantitative estimate of drug-likeness (QED) is 0.280. The van der Waals surface area contributed by atoms with E-state index in [2.05, 4.69) is 10.1 Å². The highest BCUT2D eigenvalue weighted by Gasteiger charge is 2.13. The van der Waals surface area contributed by atoms with Crippen LogP contribution in [0.3, 0.4) is 0 Å². The van der Waals surface area contributed by atoms with Crippen LogP contribution in [0.15, 0.2) is 23.4 Å². The van der Waals surface area contributed by atoms with Crippen LogP contribution in [0.4, 0.5) is 0 Å². The van der Waals surface area contributed by atoms with E-state index in [9.17, 15) is 10.1 Å². The number of hydrazone groups is 1. The van der Waals surface area contributed by atoms with Gasteiger partial charge in [0.1, 0.15) is 5.15 Å². The van der Waals surface area contributed by atoms with Crippen molar-refractivity contribution in [3.63, 3.8) is 0 Å². The van der Waals surface area contributed by atoms with E-state index < -0.39 is 5.03 Å². The van der Waals surface area contributed by atoms with Gasteiger partial charge in [0.2, 0.25) is 5.17 Å². The van der Waals surface area contributed by atoms with Crippen LogP contribution in [0.1, 0.15) is 12.5 Å². The van der Waals surface area contributed by atoms with Gasteiger partial charge in [-0.2, -0.15) is 0 Å². The molecule has 0 saturated heterocycles. The molecule has 6 nitrogen and oxygen atoms in total. The second kappa shape index (κ2) is 7.17. The van der Waals surface area contributed by atoms with Gasteiger partial charge in [-0.05, 0) is 24.8 Å². The third kappa shape index (κ3) is 4.50. The molecule has 0 saturated carbocycles. The highest BCUT2D eigenvalue weighted by molar-refractivity contribution is 8.13. The Kier molecular flexibility index (Phi) is 5.87. The Labute approximate surface area is 114 Å². The molecule has 0 amide bonds. The third-order valence-corrected chi connectivity index (χ3v) is 3.09. The summed E-state index contributed by atoms with van der Waals surface area (Å²) in [5.74, 6) is 0. The van der Waals surface area contributed by atoms with E-state index >= 15 is 0 Å². The molecule has 0 aliphatic rings. The van der Waals surface area contributed by atoms with E-state index in [4.69, 9.17) is 11.6 Å². The predicted octanol–water partition coefficient (Wildman–Crippen LogP) is 2.47. The highest BCUT2D eigenvalue weighted by atomic mass is 35.5. The summed E-state index contributed by atoms with van der Waals surface area (Å²) in [5, 5.41) is 13.9. The first-order valence-corrected chi connectivity index (χ1v) is 6.79. The van der Waals surface area contributed by atoms with E-state index in [1.54, 1.807) is 23.4 Å². The van der Waals surface area contributed by atoms with Crippen molar-refractivity contribution < 1.29 is 5.03 Å². The Balaban J connectivity index is 2.83. The van der Waals surface area contributed by atoms with Crippen molar-refractivity contribution in [3.8, 4) is 0 Å². The van der Waals surface area contributed by atoms with Crippen LogP contribution in [0.2, 0.25) is 5.15 Å². The van der Waals surface area contributed by atoms with Gasteiger partial charge in [-0.1, -0.05) is 29.4 Å². The SMILES string of the molecule is CCN(Cc1ccc(Cl)nc1)/C(=N/[N+](=O)[O-])SC. The number of hydrogen-bond donors (Lipinski definition) is 0. The molecule has 1 rings (SSSR count). The van der Waals surface area contributed by atoms with Crippen molar-refractivity contribution in [3.05, 3.63) is 39.2 Å². The Bertz CT molecular complexity index is 438. The number of halogens is 1. The van der Waals surface area contributed by atoms with Crippen molar-refractivity contribution >= 4 is 28.5 Å². The van der Waals surface area contributed by atoms with Crippen molar-refractivity contribution in [1.29, 1.82) is 0 Å². The Morgan fingerprint density at radius 3 is 2.83 bits per heavy atom. The minimum absolute atomic E-state index is 0.373. The van der Waals surface area contributed by atoms with Gasteiger partial charge in [0.05, 0.1) is 5.10 Å². The molecular weight excluding hydrogens is 276 g/mol. The van der Waals surface area contributed by atoms with E-state index in [0.717, 1.165) is 5.56 Å². The second-order valence-corrected chi connectivity index (χ2v) is 4.49. The first-order valence-electron chi connectivity index (χ1n) is 5.19. The minimum atomic E-state index is -0.686. The van der Waals surface area contributed by atoms with Gasteiger partial charge in [-0.3, -0.25) is 0 Å². The number of pyridine rings is 1. The molecule has 0 aliphatic carbocycles. The molecule has 1 aromatic rings. The van der Waals surface area contributed by atoms with Crippen molar-refractivity contribution in [1.82, 2.24) is 9.88 Å². The zero-order chi connectivity index (χ0) is 13.5. The van der Waals surface area contributed by atoms with E-state index in [0.29, 0.717) is 23.4 Å². The fourth-order valence-corrected chi connectivity index (χ4v) is 2.05. The van der Waals surface area contributed by atoms with Crippen LogP contribution in [-0.2, 0) is 6.54 Å². The lowest BCUT2D eigenvalue weighted by Crippen LogP contribution is -2.28. The molecule has 0 N–H and O–H groups in total. The summed E-state index contributed by atoms with van der Waals surface area (Å²) in [5.41, 5.74) is 0.923. The Morgan fingerprint density at radius 2 is 2.39 bits per heavy atom.